The van der Waals surface area contributed by atoms with Gasteiger partial charge < -0.3 is 16.0 Å². The molecule has 0 spiro atoms. The standard InChI is InChI=1S/C20H33N3O2/c1-14(2)17(21)11-12-23(6)18(24)16-9-7-15(8-10-16)13-22-19(25)20(3,4)5/h7-10,14,17H,11-13,21H2,1-6H3,(H,22,25). The van der Waals surface area contributed by atoms with Gasteiger partial charge in [-0.1, -0.05) is 46.8 Å². The van der Waals surface area contributed by atoms with Crippen molar-refractivity contribution < 1.29 is 9.59 Å². The topological polar surface area (TPSA) is 75.4 Å². The predicted octanol–water partition coefficient (Wildman–Crippen LogP) is 2.79. The van der Waals surface area contributed by atoms with Gasteiger partial charge in [0.1, 0.15) is 0 Å². The van der Waals surface area contributed by atoms with E-state index in [0.717, 1.165) is 12.0 Å². The van der Waals surface area contributed by atoms with Gasteiger partial charge in [0.15, 0.2) is 0 Å². The first-order valence-electron chi connectivity index (χ1n) is 8.90. The minimum atomic E-state index is -0.407. The molecule has 0 heterocycles. The van der Waals surface area contributed by atoms with Gasteiger partial charge in [-0.25, -0.2) is 0 Å². The van der Waals surface area contributed by atoms with Crippen molar-refractivity contribution in [1.82, 2.24) is 10.2 Å². The van der Waals surface area contributed by atoms with E-state index in [0.29, 0.717) is 24.6 Å². The van der Waals surface area contributed by atoms with Crippen LogP contribution >= 0.6 is 0 Å². The maximum absolute atomic E-state index is 12.5. The van der Waals surface area contributed by atoms with Crippen LogP contribution in [0.15, 0.2) is 24.3 Å². The molecule has 25 heavy (non-hydrogen) atoms. The van der Waals surface area contributed by atoms with Crippen molar-refractivity contribution in [3.05, 3.63) is 35.4 Å². The molecule has 1 rings (SSSR count). The third-order valence-electron chi connectivity index (χ3n) is 4.34. The molecule has 0 aliphatic rings. The van der Waals surface area contributed by atoms with E-state index in [9.17, 15) is 9.59 Å². The molecule has 0 bridgehead atoms. The van der Waals surface area contributed by atoms with Gasteiger partial charge >= 0.3 is 0 Å². The second-order valence-corrected chi connectivity index (χ2v) is 8.05. The lowest BCUT2D eigenvalue weighted by Crippen LogP contribution is -2.35. The van der Waals surface area contributed by atoms with Crippen LogP contribution in [0, 0.1) is 11.3 Å². The van der Waals surface area contributed by atoms with Gasteiger partial charge in [-0.05, 0) is 30.0 Å². The fraction of sp³-hybridized carbons (Fsp3) is 0.600. The van der Waals surface area contributed by atoms with Crippen LogP contribution in [-0.4, -0.2) is 36.3 Å². The van der Waals surface area contributed by atoms with Crippen LogP contribution in [0.4, 0.5) is 0 Å². The molecule has 1 aromatic rings. The van der Waals surface area contributed by atoms with Crippen LogP contribution in [-0.2, 0) is 11.3 Å². The minimum Gasteiger partial charge on any atom is -0.352 e. The fourth-order valence-electron chi connectivity index (χ4n) is 2.21. The second-order valence-electron chi connectivity index (χ2n) is 8.05. The number of hydrogen-bond donors (Lipinski definition) is 2. The molecule has 2 amide bonds. The quantitative estimate of drug-likeness (QED) is 0.796. The van der Waals surface area contributed by atoms with E-state index in [-0.39, 0.29) is 17.9 Å². The Morgan fingerprint density at radius 1 is 1.16 bits per heavy atom. The lowest BCUT2D eigenvalue weighted by atomic mass is 9.95. The molecule has 0 aliphatic heterocycles. The van der Waals surface area contributed by atoms with Gasteiger partial charge in [0.25, 0.3) is 5.91 Å². The summed E-state index contributed by atoms with van der Waals surface area (Å²) in [6.45, 7) is 10.9. The molecule has 1 aromatic carbocycles. The Morgan fingerprint density at radius 2 is 1.72 bits per heavy atom. The Morgan fingerprint density at radius 3 is 2.20 bits per heavy atom. The Kier molecular flexibility index (Phi) is 7.61. The van der Waals surface area contributed by atoms with Gasteiger partial charge in [0, 0.05) is 37.2 Å². The van der Waals surface area contributed by atoms with Crippen molar-refractivity contribution >= 4 is 11.8 Å². The number of carbonyl (C=O) groups excluding carboxylic acids is 2. The summed E-state index contributed by atoms with van der Waals surface area (Å²) in [4.78, 5) is 26.1. The fourth-order valence-corrected chi connectivity index (χ4v) is 2.21. The lowest BCUT2D eigenvalue weighted by Gasteiger charge is -2.21. The number of benzene rings is 1. The summed E-state index contributed by atoms with van der Waals surface area (Å²) in [6.07, 6.45) is 0.789. The van der Waals surface area contributed by atoms with Crippen LogP contribution in [0.25, 0.3) is 0 Å². The predicted molar refractivity (Wildman–Crippen MR) is 102 cm³/mol. The minimum absolute atomic E-state index is 0.00822. The first-order chi connectivity index (χ1) is 11.5. The summed E-state index contributed by atoms with van der Waals surface area (Å²) < 4.78 is 0. The molecule has 0 fully saturated rings. The number of rotatable bonds is 7. The lowest BCUT2D eigenvalue weighted by molar-refractivity contribution is -0.128. The molecule has 0 saturated carbocycles. The van der Waals surface area contributed by atoms with Crippen molar-refractivity contribution in [2.24, 2.45) is 17.1 Å². The van der Waals surface area contributed by atoms with Crippen molar-refractivity contribution in [3.8, 4) is 0 Å². The molecule has 1 atom stereocenters. The van der Waals surface area contributed by atoms with Crippen LogP contribution in [0.2, 0.25) is 0 Å². The average Bonchev–Trinajstić information content (AvgIpc) is 2.55. The molecule has 140 valence electrons. The van der Waals surface area contributed by atoms with E-state index in [1.54, 1.807) is 24.1 Å². The number of carbonyl (C=O) groups is 2. The molecular weight excluding hydrogens is 314 g/mol. The van der Waals surface area contributed by atoms with Crippen molar-refractivity contribution in [3.63, 3.8) is 0 Å². The first-order valence-corrected chi connectivity index (χ1v) is 8.90. The molecule has 5 heteroatoms. The number of nitrogens with two attached hydrogens (primary N) is 1. The second kappa shape index (κ2) is 8.99. The van der Waals surface area contributed by atoms with E-state index in [4.69, 9.17) is 5.73 Å². The summed E-state index contributed by atoms with van der Waals surface area (Å²) in [5, 5.41) is 2.91. The number of hydrogen-bond acceptors (Lipinski definition) is 3. The molecule has 0 aliphatic carbocycles. The van der Waals surface area contributed by atoms with E-state index in [2.05, 4.69) is 19.2 Å². The largest absolute Gasteiger partial charge is 0.352 e. The summed E-state index contributed by atoms with van der Waals surface area (Å²) in [6, 6.07) is 7.47. The van der Waals surface area contributed by atoms with Crippen molar-refractivity contribution in [1.29, 1.82) is 0 Å². The van der Waals surface area contributed by atoms with Crippen LogP contribution in [0.3, 0.4) is 0 Å². The van der Waals surface area contributed by atoms with Crippen LogP contribution in [0.5, 0.6) is 0 Å². The Balaban J connectivity index is 2.57. The summed E-state index contributed by atoms with van der Waals surface area (Å²) >= 11 is 0. The van der Waals surface area contributed by atoms with E-state index < -0.39 is 5.41 Å². The summed E-state index contributed by atoms with van der Waals surface area (Å²) in [5.74, 6) is 0.404. The number of nitrogens with zero attached hydrogens (tertiary/aromatic N) is 1. The van der Waals surface area contributed by atoms with Gasteiger partial charge in [-0.2, -0.15) is 0 Å². The molecule has 1 unspecified atom stereocenters. The zero-order valence-corrected chi connectivity index (χ0v) is 16.4. The van der Waals surface area contributed by atoms with E-state index in [1.165, 1.54) is 0 Å². The van der Waals surface area contributed by atoms with E-state index in [1.807, 2.05) is 32.9 Å². The molecule has 0 radical (unpaired) electrons. The highest BCUT2D eigenvalue weighted by Crippen LogP contribution is 2.13. The molecule has 5 nitrogen and oxygen atoms in total. The molecule has 0 saturated heterocycles. The zero-order chi connectivity index (χ0) is 19.2. The van der Waals surface area contributed by atoms with Crippen molar-refractivity contribution in [2.45, 2.75) is 53.6 Å². The Bertz CT molecular complexity index is 574. The highest BCUT2D eigenvalue weighted by molar-refractivity contribution is 5.94. The zero-order valence-electron chi connectivity index (χ0n) is 16.4. The third-order valence-corrected chi connectivity index (χ3v) is 4.34. The van der Waals surface area contributed by atoms with Crippen molar-refractivity contribution in [2.75, 3.05) is 13.6 Å². The van der Waals surface area contributed by atoms with Gasteiger partial charge in [-0.15, -0.1) is 0 Å². The van der Waals surface area contributed by atoms with Gasteiger partial charge in [-0.3, -0.25) is 9.59 Å². The van der Waals surface area contributed by atoms with Crippen LogP contribution < -0.4 is 11.1 Å². The summed E-state index contributed by atoms with van der Waals surface area (Å²) in [7, 11) is 1.80. The number of amides is 2. The van der Waals surface area contributed by atoms with E-state index >= 15 is 0 Å². The SMILES string of the molecule is CC(C)C(N)CCN(C)C(=O)c1ccc(CNC(=O)C(C)(C)C)cc1. The maximum atomic E-state index is 12.5. The van der Waals surface area contributed by atoms with Crippen LogP contribution in [0.1, 0.15) is 57.0 Å². The molecular formula is C20H33N3O2. The maximum Gasteiger partial charge on any atom is 0.253 e. The van der Waals surface area contributed by atoms with Gasteiger partial charge in [0.2, 0.25) is 5.91 Å². The average molecular weight is 348 g/mol. The molecule has 3 N–H and O–H groups in total. The summed E-state index contributed by atoms with van der Waals surface area (Å²) in [5.41, 5.74) is 7.25. The smallest absolute Gasteiger partial charge is 0.253 e. The normalized spacial score (nSPS) is 12.8. The Hall–Kier alpha value is -1.88. The highest BCUT2D eigenvalue weighted by Gasteiger charge is 2.20. The molecule has 0 aromatic heterocycles. The highest BCUT2D eigenvalue weighted by atomic mass is 16.2. The number of nitrogens with one attached hydrogen (secondary N) is 1. The third kappa shape index (κ3) is 6.86. The first kappa shape index (κ1) is 21.2. The Labute approximate surface area is 152 Å². The monoisotopic (exact) mass is 347 g/mol. The van der Waals surface area contributed by atoms with Gasteiger partial charge in [0.05, 0.1) is 0 Å².